The molecule has 0 amide bonds. The molecule has 21 heavy (non-hydrogen) atoms. The zero-order valence-electron chi connectivity index (χ0n) is 10.9. The van der Waals surface area contributed by atoms with Crippen molar-refractivity contribution in [3.05, 3.63) is 49.2 Å². The predicted octanol–water partition coefficient (Wildman–Crippen LogP) is 3.40. The van der Waals surface area contributed by atoms with Crippen LogP contribution in [0.1, 0.15) is 21.7 Å². The second-order valence-electron chi connectivity index (χ2n) is 4.27. The Balaban J connectivity index is 2.79. The molecule has 0 aliphatic carbocycles. The number of carboxylic acids is 1. The van der Waals surface area contributed by atoms with Gasteiger partial charge < -0.3 is 5.11 Å². The van der Waals surface area contributed by atoms with Gasteiger partial charge in [0.25, 0.3) is 5.69 Å². The first-order valence-electron chi connectivity index (χ1n) is 5.67. The zero-order chi connectivity index (χ0) is 15.9. The van der Waals surface area contributed by atoms with Crippen molar-refractivity contribution in [2.24, 2.45) is 0 Å². The van der Waals surface area contributed by atoms with E-state index in [-0.39, 0.29) is 38.4 Å². The Morgan fingerprint density at radius 3 is 2.38 bits per heavy atom. The molecule has 0 atom stereocenters. The van der Waals surface area contributed by atoms with Gasteiger partial charge in [0.05, 0.1) is 26.4 Å². The van der Waals surface area contributed by atoms with Crippen LogP contribution in [0.2, 0.25) is 10.0 Å². The van der Waals surface area contributed by atoms with Crippen LogP contribution in [0.4, 0.5) is 5.69 Å². The fourth-order valence-corrected chi connectivity index (χ4v) is 2.34. The topological polar surface area (TPSA) is 98.3 Å². The van der Waals surface area contributed by atoms with Gasteiger partial charge in [0.1, 0.15) is 11.3 Å². The van der Waals surface area contributed by atoms with Gasteiger partial charge in [-0.15, -0.1) is 0 Å². The molecular weight excluding hydrogens is 321 g/mol. The lowest BCUT2D eigenvalue weighted by molar-refractivity contribution is -0.384. The highest BCUT2D eigenvalue weighted by atomic mass is 35.5. The average Bonchev–Trinajstić information content (AvgIpc) is 2.67. The van der Waals surface area contributed by atoms with E-state index < -0.39 is 10.9 Å². The van der Waals surface area contributed by atoms with E-state index >= 15 is 0 Å². The highest BCUT2D eigenvalue weighted by Gasteiger charge is 2.24. The van der Waals surface area contributed by atoms with E-state index in [1.807, 2.05) is 0 Å². The van der Waals surface area contributed by atoms with Crippen molar-refractivity contribution >= 4 is 34.9 Å². The molecule has 0 saturated heterocycles. The van der Waals surface area contributed by atoms with Gasteiger partial charge in [0.2, 0.25) is 0 Å². The van der Waals surface area contributed by atoms with Crippen LogP contribution in [-0.2, 0) is 0 Å². The van der Waals surface area contributed by atoms with Crippen LogP contribution in [0.15, 0.2) is 12.1 Å². The molecule has 1 N–H and O–H groups in total. The molecule has 0 radical (unpaired) electrons. The molecule has 0 aliphatic rings. The van der Waals surface area contributed by atoms with Crippen molar-refractivity contribution in [3.8, 4) is 5.69 Å². The van der Waals surface area contributed by atoms with Crippen molar-refractivity contribution in [3.63, 3.8) is 0 Å². The molecule has 2 rings (SSSR count). The number of hydrogen-bond donors (Lipinski definition) is 1. The number of nitrogens with zero attached hydrogens (tertiary/aromatic N) is 3. The second kappa shape index (κ2) is 5.34. The number of aromatic nitrogens is 2. The molecule has 1 aromatic carbocycles. The molecule has 2 aromatic rings. The first-order chi connectivity index (χ1) is 9.73. The van der Waals surface area contributed by atoms with Gasteiger partial charge in [-0.1, -0.05) is 23.2 Å². The van der Waals surface area contributed by atoms with Gasteiger partial charge in [-0.05, 0) is 19.9 Å². The molecule has 0 bridgehead atoms. The van der Waals surface area contributed by atoms with Gasteiger partial charge in [-0.2, -0.15) is 5.10 Å². The van der Waals surface area contributed by atoms with E-state index in [1.165, 1.54) is 24.6 Å². The van der Waals surface area contributed by atoms with Crippen LogP contribution >= 0.6 is 23.2 Å². The number of carbonyl (C=O) groups is 1. The van der Waals surface area contributed by atoms with Crippen LogP contribution in [0, 0.1) is 24.0 Å². The smallest absolute Gasteiger partial charge is 0.339 e. The Hall–Kier alpha value is -2.12. The van der Waals surface area contributed by atoms with Crippen molar-refractivity contribution in [2.75, 3.05) is 0 Å². The van der Waals surface area contributed by atoms with E-state index in [0.717, 1.165) is 6.07 Å². The maximum absolute atomic E-state index is 11.2. The molecule has 0 unspecified atom stereocenters. The lowest BCUT2D eigenvalue weighted by atomic mass is 10.2. The van der Waals surface area contributed by atoms with Crippen LogP contribution in [0.3, 0.4) is 0 Å². The summed E-state index contributed by atoms with van der Waals surface area (Å²) in [6, 6.07) is 2.39. The number of nitro groups is 1. The minimum Gasteiger partial charge on any atom is -0.478 e. The summed E-state index contributed by atoms with van der Waals surface area (Å²) in [5, 5.41) is 24.5. The monoisotopic (exact) mass is 329 g/mol. The van der Waals surface area contributed by atoms with E-state index in [9.17, 15) is 14.9 Å². The minimum atomic E-state index is -1.15. The van der Waals surface area contributed by atoms with E-state index in [0.29, 0.717) is 0 Å². The molecule has 1 heterocycles. The maximum atomic E-state index is 11.2. The zero-order valence-corrected chi connectivity index (χ0v) is 12.4. The number of halogens is 2. The summed E-state index contributed by atoms with van der Waals surface area (Å²) in [6.07, 6.45) is 0. The summed E-state index contributed by atoms with van der Waals surface area (Å²) in [5.74, 6) is -1.15. The van der Waals surface area contributed by atoms with E-state index in [2.05, 4.69) is 5.10 Å². The lowest BCUT2D eigenvalue weighted by Crippen LogP contribution is -2.05. The van der Waals surface area contributed by atoms with Crippen molar-refractivity contribution < 1.29 is 14.8 Å². The van der Waals surface area contributed by atoms with Gasteiger partial charge in [-0.25, -0.2) is 9.48 Å². The number of benzene rings is 1. The van der Waals surface area contributed by atoms with E-state index in [1.54, 1.807) is 0 Å². The molecular formula is C12H9Cl2N3O4. The summed E-state index contributed by atoms with van der Waals surface area (Å²) < 4.78 is 1.18. The summed E-state index contributed by atoms with van der Waals surface area (Å²) in [4.78, 5) is 21.7. The summed E-state index contributed by atoms with van der Waals surface area (Å²) in [6.45, 7) is 3.02. The first-order valence-corrected chi connectivity index (χ1v) is 6.43. The minimum absolute atomic E-state index is 0.00429. The standard InChI is InChI=1S/C12H9Cl2N3O4/c1-5-11(12(18)19)6(2)16(15-5)9-3-7(13)8(14)4-10(9)17(20)21/h3-4H,1-2H3,(H,18,19). The van der Waals surface area contributed by atoms with Crippen molar-refractivity contribution in [1.82, 2.24) is 9.78 Å². The third-order valence-electron chi connectivity index (χ3n) is 2.95. The quantitative estimate of drug-likeness (QED) is 0.687. The van der Waals surface area contributed by atoms with Gasteiger partial charge >= 0.3 is 5.97 Å². The van der Waals surface area contributed by atoms with Gasteiger partial charge in [-0.3, -0.25) is 10.1 Å². The predicted molar refractivity (Wildman–Crippen MR) is 76.7 cm³/mol. The number of rotatable bonds is 3. The largest absolute Gasteiger partial charge is 0.478 e. The van der Waals surface area contributed by atoms with Gasteiger partial charge in [0, 0.05) is 6.07 Å². The fourth-order valence-electron chi connectivity index (χ4n) is 2.03. The number of aromatic carboxylic acids is 1. The molecule has 0 saturated carbocycles. The number of hydrogen-bond acceptors (Lipinski definition) is 4. The Morgan fingerprint density at radius 2 is 1.90 bits per heavy atom. The van der Waals surface area contributed by atoms with Gasteiger partial charge in [0.15, 0.2) is 0 Å². The Labute approximate surface area is 128 Å². The Kier molecular flexibility index (Phi) is 3.89. The molecule has 1 aromatic heterocycles. The number of carboxylic acid groups (broad SMARTS) is 1. The first kappa shape index (κ1) is 15.3. The molecule has 9 heteroatoms. The van der Waals surface area contributed by atoms with Crippen LogP contribution in [0.25, 0.3) is 5.69 Å². The van der Waals surface area contributed by atoms with Crippen LogP contribution < -0.4 is 0 Å². The summed E-state index contributed by atoms with van der Waals surface area (Å²) >= 11 is 11.7. The normalized spacial score (nSPS) is 10.7. The fraction of sp³-hybridized carbons (Fsp3) is 0.167. The molecule has 0 spiro atoms. The highest BCUT2D eigenvalue weighted by molar-refractivity contribution is 6.42. The molecule has 0 fully saturated rings. The maximum Gasteiger partial charge on any atom is 0.339 e. The summed E-state index contributed by atoms with van der Waals surface area (Å²) in [5.41, 5.74) is 0.256. The third-order valence-corrected chi connectivity index (χ3v) is 3.67. The Bertz CT molecular complexity index is 770. The van der Waals surface area contributed by atoms with Crippen molar-refractivity contribution in [2.45, 2.75) is 13.8 Å². The molecule has 110 valence electrons. The van der Waals surface area contributed by atoms with E-state index in [4.69, 9.17) is 28.3 Å². The molecule has 0 aliphatic heterocycles. The third kappa shape index (κ3) is 2.57. The number of nitro benzene ring substituents is 1. The SMILES string of the molecule is Cc1nn(-c2cc(Cl)c(Cl)cc2[N+](=O)[O-])c(C)c1C(=O)O. The lowest BCUT2D eigenvalue weighted by Gasteiger charge is -2.07. The van der Waals surface area contributed by atoms with Crippen LogP contribution in [-0.4, -0.2) is 25.8 Å². The number of aryl methyl sites for hydroxylation is 1. The van der Waals surface area contributed by atoms with Crippen molar-refractivity contribution in [1.29, 1.82) is 0 Å². The second-order valence-corrected chi connectivity index (χ2v) is 5.09. The highest BCUT2D eigenvalue weighted by Crippen LogP contribution is 2.33. The Morgan fingerprint density at radius 1 is 1.33 bits per heavy atom. The molecule has 7 nitrogen and oxygen atoms in total. The summed E-state index contributed by atoms with van der Waals surface area (Å²) in [7, 11) is 0. The average molecular weight is 330 g/mol. The van der Waals surface area contributed by atoms with Crippen LogP contribution in [0.5, 0.6) is 0 Å².